The number of pyridine rings is 1. The van der Waals surface area contributed by atoms with Crippen molar-refractivity contribution in [3.63, 3.8) is 0 Å². The van der Waals surface area contributed by atoms with Crippen LogP contribution in [0.2, 0.25) is 0 Å². The highest BCUT2D eigenvalue weighted by atomic mass is 32.1. The van der Waals surface area contributed by atoms with Gasteiger partial charge in [-0.25, -0.2) is 13.8 Å². The molecule has 8 nitrogen and oxygen atoms in total. The molecule has 1 saturated carbocycles. The van der Waals surface area contributed by atoms with E-state index in [0.717, 1.165) is 21.3 Å². The number of nitrogens with one attached hydrogen (secondary N) is 2. The summed E-state index contributed by atoms with van der Waals surface area (Å²) in [4.78, 5) is 35.4. The summed E-state index contributed by atoms with van der Waals surface area (Å²) in [7, 11) is 1.89. The fourth-order valence-electron chi connectivity index (χ4n) is 4.16. The standard InChI is InChI=1S/C28H21F2N5O3S/c1-35-14-21(32-15-35)24-13-20-25(39-24)23(8-11-31-20)38-22-7-6-18(12-19(22)30)34-27(37)28(9-10-28)26(36)33-17-4-2-16(29)3-5-17/h2-8,11-15H,9-10H2,1H3,(H,33,36)(H,34,37). The second kappa shape index (κ2) is 9.59. The van der Waals surface area contributed by atoms with Crippen molar-refractivity contribution in [1.82, 2.24) is 14.5 Å². The normalized spacial score (nSPS) is 13.7. The number of ether oxygens (including phenoxy) is 1. The van der Waals surface area contributed by atoms with E-state index in [1.54, 1.807) is 18.6 Å². The number of fused-ring (bicyclic) bond motifs is 1. The number of imidazole rings is 1. The third-order valence-corrected chi connectivity index (χ3v) is 7.63. The van der Waals surface area contributed by atoms with E-state index in [4.69, 9.17) is 4.74 Å². The molecule has 11 heteroatoms. The first-order valence-electron chi connectivity index (χ1n) is 12.0. The van der Waals surface area contributed by atoms with E-state index in [1.807, 2.05) is 23.9 Å². The number of carbonyl (C=O) groups is 2. The summed E-state index contributed by atoms with van der Waals surface area (Å²) < 4.78 is 36.7. The largest absolute Gasteiger partial charge is 0.453 e. The summed E-state index contributed by atoms with van der Waals surface area (Å²) >= 11 is 1.44. The van der Waals surface area contributed by atoms with Crippen LogP contribution in [0.1, 0.15) is 12.8 Å². The molecule has 0 saturated heterocycles. The number of anilines is 2. The van der Waals surface area contributed by atoms with Gasteiger partial charge < -0.3 is 19.9 Å². The number of amides is 2. The van der Waals surface area contributed by atoms with Gasteiger partial charge in [-0.3, -0.25) is 14.6 Å². The molecule has 3 aromatic heterocycles. The summed E-state index contributed by atoms with van der Waals surface area (Å²) in [5, 5.41) is 5.28. The van der Waals surface area contributed by atoms with Crippen LogP contribution in [-0.2, 0) is 16.6 Å². The van der Waals surface area contributed by atoms with E-state index < -0.39 is 28.9 Å². The minimum Gasteiger partial charge on any atom is -0.453 e. The molecular weight excluding hydrogens is 524 g/mol. The van der Waals surface area contributed by atoms with Gasteiger partial charge >= 0.3 is 0 Å². The molecule has 0 spiro atoms. The van der Waals surface area contributed by atoms with Crippen LogP contribution in [-0.4, -0.2) is 26.3 Å². The minimum absolute atomic E-state index is 0.0246. The Morgan fingerprint density at radius 1 is 0.949 bits per heavy atom. The number of aryl methyl sites for hydroxylation is 1. The highest BCUT2D eigenvalue weighted by molar-refractivity contribution is 7.22. The number of aromatic nitrogens is 3. The first kappa shape index (κ1) is 24.7. The number of rotatable bonds is 7. The van der Waals surface area contributed by atoms with Crippen molar-refractivity contribution in [3.05, 3.63) is 85.0 Å². The number of hydrogen-bond donors (Lipinski definition) is 2. The van der Waals surface area contributed by atoms with E-state index in [2.05, 4.69) is 20.6 Å². The second-order valence-electron chi connectivity index (χ2n) is 9.30. The molecule has 0 bridgehead atoms. The highest BCUT2D eigenvalue weighted by Gasteiger charge is 2.56. The van der Waals surface area contributed by atoms with Gasteiger partial charge in [0.25, 0.3) is 0 Å². The van der Waals surface area contributed by atoms with E-state index in [9.17, 15) is 14.0 Å². The molecule has 39 heavy (non-hydrogen) atoms. The SMILES string of the molecule is Cn1cnc(-c2cc3nccc(Oc4ccc(NC(=O)C5(C(=O)Nc6ccc(F)cc6)CC5)cc4F)c3s2)c1. The summed E-state index contributed by atoms with van der Waals surface area (Å²) in [6.45, 7) is 0. The van der Waals surface area contributed by atoms with Crippen LogP contribution in [0.5, 0.6) is 11.5 Å². The quantitative estimate of drug-likeness (QED) is 0.240. The number of halogens is 2. The van der Waals surface area contributed by atoms with E-state index in [-0.39, 0.29) is 11.4 Å². The van der Waals surface area contributed by atoms with Crippen molar-refractivity contribution in [1.29, 1.82) is 0 Å². The van der Waals surface area contributed by atoms with Crippen molar-refractivity contribution in [2.24, 2.45) is 12.5 Å². The summed E-state index contributed by atoms with van der Waals surface area (Å²) in [5.74, 6) is -1.72. The smallest absolute Gasteiger partial charge is 0.240 e. The summed E-state index contributed by atoms with van der Waals surface area (Å²) in [6.07, 6.45) is 5.91. The van der Waals surface area contributed by atoms with Gasteiger partial charge in [-0.15, -0.1) is 11.3 Å². The fraction of sp³-hybridized carbons (Fsp3) is 0.143. The number of nitrogens with zero attached hydrogens (tertiary/aromatic N) is 3. The lowest BCUT2D eigenvalue weighted by Crippen LogP contribution is -2.35. The van der Waals surface area contributed by atoms with E-state index >= 15 is 4.39 Å². The molecule has 0 atom stereocenters. The van der Waals surface area contributed by atoms with Crippen LogP contribution < -0.4 is 15.4 Å². The molecule has 3 heterocycles. The molecule has 196 valence electrons. The Labute approximate surface area is 225 Å². The van der Waals surface area contributed by atoms with Gasteiger partial charge in [0.2, 0.25) is 11.8 Å². The molecule has 1 aliphatic carbocycles. The maximum absolute atomic E-state index is 15.0. The van der Waals surface area contributed by atoms with Crippen LogP contribution >= 0.6 is 11.3 Å². The molecule has 0 aliphatic heterocycles. The fourth-order valence-corrected chi connectivity index (χ4v) is 5.19. The van der Waals surface area contributed by atoms with Crippen molar-refractivity contribution in [2.45, 2.75) is 12.8 Å². The molecule has 6 rings (SSSR count). The van der Waals surface area contributed by atoms with Gasteiger partial charge in [0.15, 0.2) is 11.6 Å². The second-order valence-corrected chi connectivity index (χ2v) is 10.4. The predicted octanol–water partition coefficient (Wildman–Crippen LogP) is 6.12. The minimum atomic E-state index is -1.26. The lowest BCUT2D eigenvalue weighted by Gasteiger charge is -2.16. The molecule has 5 aromatic rings. The molecule has 0 radical (unpaired) electrons. The van der Waals surface area contributed by atoms with Gasteiger partial charge in [-0.1, -0.05) is 0 Å². The van der Waals surface area contributed by atoms with Crippen LogP contribution in [0, 0.1) is 17.0 Å². The molecule has 1 fully saturated rings. The van der Waals surface area contributed by atoms with E-state index in [1.165, 1.54) is 47.7 Å². The summed E-state index contributed by atoms with van der Waals surface area (Å²) in [6, 6.07) is 12.9. The Morgan fingerprint density at radius 3 is 2.33 bits per heavy atom. The average molecular weight is 546 g/mol. The first-order valence-corrected chi connectivity index (χ1v) is 12.9. The number of hydrogen-bond acceptors (Lipinski definition) is 6. The summed E-state index contributed by atoms with van der Waals surface area (Å²) in [5.41, 5.74) is 0.830. The third kappa shape index (κ3) is 4.84. The molecular formula is C28H21F2N5O3S. The van der Waals surface area contributed by atoms with Crippen molar-refractivity contribution < 1.29 is 23.1 Å². The highest BCUT2D eigenvalue weighted by Crippen LogP contribution is 2.47. The van der Waals surface area contributed by atoms with Gasteiger partial charge in [0, 0.05) is 42.9 Å². The predicted molar refractivity (Wildman–Crippen MR) is 144 cm³/mol. The van der Waals surface area contributed by atoms with Crippen LogP contribution in [0.4, 0.5) is 20.2 Å². The van der Waals surface area contributed by atoms with Crippen molar-refractivity contribution in [2.75, 3.05) is 10.6 Å². The molecule has 2 aromatic carbocycles. The number of thiophene rings is 1. The Kier molecular flexibility index (Phi) is 6.07. The van der Waals surface area contributed by atoms with Crippen molar-refractivity contribution >= 4 is 44.7 Å². The molecule has 0 unspecified atom stereocenters. The monoisotopic (exact) mass is 545 g/mol. The molecule has 2 amide bonds. The zero-order chi connectivity index (χ0) is 27.1. The van der Waals surface area contributed by atoms with Gasteiger partial charge in [0.1, 0.15) is 17.0 Å². The number of benzene rings is 2. The number of carbonyl (C=O) groups excluding carboxylic acids is 2. The Balaban J connectivity index is 1.16. The molecule has 1 aliphatic rings. The third-order valence-electron chi connectivity index (χ3n) is 6.46. The first-order chi connectivity index (χ1) is 18.8. The average Bonchev–Trinajstić information content (AvgIpc) is 3.44. The van der Waals surface area contributed by atoms with Crippen LogP contribution in [0.15, 0.2) is 73.3 Å². The maximum atomic E-state index is 15.0. The van der Waals surface area contributed by atoms with Crippen LogP contribution in [0.3, 0.4) is 0 Å². The van der Waals surface area contributed by atoms with Gasteiger partial charge in [0.05, 0.1) is 27.1 Å². The Morgan fingerprint density at radius 2 is 1.67 bits per heavy atom. The Hall–Kier alpha value is -4.64. The maximum Gasteiger partial charge on any atom is 0.240 e. The topological polar surface area (TPSA) is 98.1 Å². The lowest BCUT2D eigenvalue weighted by molar-refractivity contribution is -0.131. The molecule has 2 N–H and O–H groups in total. The lowest BCUT2D eigenvalue weighted by atomic mass is 10.0. The van der Waals surface area contributed by atoms with Crippen LogP contribution in [0.25, 0.3) is 20.8 Å². The zero-order valence-corrected chi connectivity index (χ0v) is 21.4. The van der Waals surface area contributed by atoms with E-state index in [0.29, 0.717) is 29.8 Å². The van der Waals surface area contributed by atoms with Gasteiger partial charge in [-0.05, 0) is 55.3 Å². The van der Waals surface area contributed by atoms with Gasteiger partial charge in [-0.2, -0.15) is 0 Å². The van der Waals surface area contributed by atoms with Crippen molar-refractivity contribution in [3.8, 4) is 22.1 Å². The zero-order valence-electron chi connectivity index (χ0n) is 20.6. The Bertz CT molecular complexity index is 1730.